The van der Waals surface area contributed by atoms with Crippen molar-refractivity contribution in [2.24, 2.45) is 5.92 Å². The fraction of sp³-hybridized carbons (Fsp3) is 0.588. The van der Waals surface area contributed by atoms with E-state index in [1.54, 1.807) is 7.11 Å². The van der Waals surface area contributed by atoms with E-state index in [1.807, 2.05) is 29.2 Å². The van der Waals surface area contributed by atoms with Crippen LogP contribution in [0.3, 0.4) is 0 Å². The number of fused-ring (bicyclic) bond motifs is 2. The number of methoxy groups -OCH3 is 1. The number of rotatable bonds is 2. The van der Waals surface area contributed by atoms with Crippen LogP contribution in [0.4, 0.5) is 0 Å². The van der Waals surface area contributed by atoms with Crippen molar-refractivity contribution in [3.8, 4) is 5.75 Å². The summed E-state index contributed by atoms with van der Waals surface area (Å²) < 4.78 is 5.21. The first-order valence-corrected chi connectivity index (χ1v) is 7.42. The molecule has 1 aromatic rings. The standard InChI is InChI=1S/C16H22N2O2.CH4/c1-20-15-6-2-5-14(10-15)16(19)18-9-8-17-7-3-4-13(11-17)12-18;/h2,5-6,10,13H,3-4,7-9,11-12H2,1H3;1H4. The molecule has 116 valence electrons. The lowest BCUT2D eigenvalue weighted by Gasteiger charge is -2.29. The average Bonchev–Trinajstić information content (AvgIpc) is 2.64. The van der Waals surface area contributed by atoms with E-state index in [0.29, 0.717) is 5.92 Å². The van der Waals surface area contributed by atoms with Crippen LogP contribution in [0.5, 0.6) is 5.75 Å². The van der Waals surface area contributed by atoms with Gasteiger partial charge in [-0.1, -0.05) is 13.5 Å². The highest BCUT2D eigenvalue weighted by Gasteiger charge is 2.28. The van der Waals surface area contributed by atoms with Crippen molar-refractivity contribution in [3.63, 3.8) is 0 Å². The first kappa shape index (κ1) is 15.8. The molecule has 2 heterocycles. The summed E-state index contributed by atoms with van der Waals surface area (Å²) >= 11 is 0. The molecule has 2 aliphatic rings. The van der Waals surface area contributed by atoms with Crippen LogP contribution in [0.1, 0.15) is 30.6 Å². The Hall–Kier alpha value is -1.55. The number of piperidine rings is 1. The number of ether oxygens (including phenoxy) is 1. The molecule has 0 N–H and O–H groups in total. The maximum Gasteiger partial charge on any atom is 0.254 e. The Kier molecular flexibility index (Phi) is 5.23. The molecule has 0 aliphatic carbocycles. The summed E-state index contributed by atoms with van der Waals surface area (Å²) in [6.45, 7) is 5.09. The molecule has 1 aromatic carbocycles. The third-order valence-electron chi connectivity index (χ3n) is 4.37. The zero-order valence-electron chi connectivity index (χ0n) is 12.0. The van der Waals surface area contributed by atoms with Gasteiger partial charge in [0.15, 0.2) is 0 Å². The van der Waals surface area contributed by atoms with Crippen molar-refractivity contribution in [2.45, 2.75) is 20.3 Å². The van der Waals surface area contributed by atoms with Gasteiger partial charge >= 0.3 is 0 Å². The van der Waals surface area contributed by atoms with Gasteiger partial charge in [0.25, 0.3) is 5.91 Å². The number of nitrogens with zero attached hydrogens (tertiary/aromatic N) is 2. The van der Waals surface area contributed by atoms with Gasteiger partial charge in [0.05, 0.1) is 7.11 Å². The summed E-state index contributed by atoms with van der Waals surface area (Å²) in [6, 6.07) is 7.46. The van der Waals surface area contributed by atoms with Gasteiger partial charge in [-0.25, -0.2) is 0 Å². The Morgan fingerprint density at radius 3 is 2.90 bits per heavy atom. The Balaban J connectivity index is 0.00000161. The van der Waals surface area contributed by atoms with Crippen LogP contribution in [-0.2, 0) is 0 Å². The molecular formula is C17H26N2O2. The van der Waals surface area contributed by atoms with Gasteiger partial charge in [-0.15, -0.1) is 0 Å². The van der Waals surface area contributed by atoms with E-state index in [-0.39, 0.29) is 13.3 Å². The number of carbonyl (C=O) groups excluding carboxylic acids is 1. The molecule has 0 spiro atoms. The molecule has 0 radical (unpaired) electrons. The molecule has 1 amide bonds. The zero-order valence-corrected chi connectivity index (χ0v) is 12.0. The van der Waals surface area contributed by atoms with E-state index >= 15 is 0 Å². The molecule has 3 rings (SSSR count). The van der Waals surface area contributed by atoms with E-state index in [9.17, 15) is 4.79 Å². The second-order valence-corrected chi connectivity index (χ2v) is 5.79. The van der Waals surface area contributed by atoms with E-state index < -0.39 is 0 Å². The van der Waals surface area contributed by atoms with Gasteiger partial charge in [0.1, 0.15) is 5.75 Å². The molecule has 0 saturated carbocycles. The van der Waals surface area contributed by atoms with Crippen molar-refractivity contribution in [1.82, 2.24) is 9.80 Å². The molecule has 2 fully saturated rings. The highest BCUT2D eigenvalue weighted by Crippen LogP contribution is 2.22. The van der Waals surface area contributed by atoms with Crippen LogP contribution in [0.25, 0.3) is 0 Å². The zero-order chi connectivity index (χ0) is 13.9. The van der Waals surface area contributed by atoms with E-state index in [4.69, 9.17) is 4.74 Å². The second kappa shape index (κ2) is 6.94. The highest BCUT2D eigenvalue weighted by molar-refractivity contribution is 5.94. The van der Waals surface area contributed by atoms with Gasteiger partial charge in [-0.3, -0.25) is 4.79 Å². The SMILES string of the molecule is C.COc1cccc(C(=O)N2CCN3CCCC(C3)C2)c1. The van der Waals surface area contributed by atoms with E-state index in [0.717, 1.165) is 37.5 Å². The minimum Gasteiger partial charge on any atom is -0.497 e. The minimum absolute atomic E-state index is 0. The van der Waals surface area contributed by atoms with Gasteiger partial charge in [-0.2, -0.15) is 0 Å². The lowest BCUT2D eigenvalue weighted by molar-refractivity contribution is 0.0745. The largest absolute Gasteiger partial charge is 0.497 e. The fourth-order valence-electron chi connectivity index (χ4n) is 3.29. The summed E-state index contributed by atoms with van der Waals surface area (Å²) in [5.41, 5.74) is 0.732. The molecular weight excluding hydrogens is 264 g/mol. The molecule has 2 bridgehead atoms. The number of amides is 1. The first-order valence-electron chi connectivity index (χ1n) is 7.42. The molecule has 2 aliphatic heterocycles. The average molecular weight is 290 g/mol. The van der Waals surface area contributed by atoms with Crippen LogP contribution in [0.2, 0.25) is 0 Å². The number of hydrogen-bond donors (Lipinski definition) is 0. The number of carbonyl (C=O) groups is 1. The van der Waals surface area contributed by atoms with Crippen molar-refractivity contribution in [1.29, 1.82) is 0 Å². The predicted octanol–water partition coefficient (Wildman–Crippen LogP) is 2.50. The fourth-order valence-corrected chi connectivity index (χ4v) is 3.29. The topological polar surface area (TPSA) is 32.8 Å². The molecule has 21 heavy (non-hydrogen) atoms. The quantitative estimate of drug-likeness (QED) is 0.839. The summed E-state index contributed by atoms with van der Waals surface area (Å²) in [5.74, 6) is 1.52. The smallest absolute Gasteiger partial charge is 0.254 e. The van der Waals surface area contributed by atoms with Crippen LogP contribution < -0.4 is 4.74 Å². The monoisotopic (exact) mass is 290 g/mol. The minimum atomic E-state index is 0. The predicted molar refractivity (Wildman–Crippen MR) is 84.8 cm³/mol. The van der Waals surface area contributed by atoms with E-state index in [2.05, 4.69) is 4.90 Å². The summed E-state index contributed by atoms with van der Waals surface area (Å²) in [6.07, 6.45) is 2.52. The maximum atomic E-state index is 12.7. The van der Waals surface area contributed by atoms with Crippen molar-refractivity contribution >= 4 is 5.91 Å². The van der Waals surface area contributed by atoms with Gasteiger partial charge < -0.3 is 14.5 Å². The van der Waals surface area contributed by atoms with Crippen molar-refractivity contribution in [2.75, 3.05) is 39.8 Å². The van der Waals surface area contributed by atoms with Crippen LogP contribution in [0.15, 0.2) is 24.3 Å². The van der Waals surface area contributed by atoms with Crippen LogP contribution in [0, 0.1) is 5.92 Å². The molecule has 2 saturated heterocycles. The normalized spacial score (nSPS) is 24.7. The lowest BCUT2D eigenvalue weighted by Crippen LogP contribution is -2.36. The highest BCUT2D eigenvalue weighted by atomic mass is 16.5. The molecule has 4 nitrogen and oxygen atoms in total. The van der Waals surface area contributed by atoms with E-state index in [1.165, 1.54) is 19.4 Å². The lowest BCUT2D eigenvalue weighted by atomic mass is 9.98. The van der Waals surface area contributed by atoms with Gasteiger partial charge in [-0.05, 0) is 43.5 Å². The number of benzene rings is 1. The van der Waals surface area contributed by atoms with Gasteiger partial charge in [0, 0.05) is 31.7 Å². The van der Waals surface area contributed by atoms with Crippen LogP contribution >= 0.6 is 0 Å². The van der Waals surface area contributed by atoms with Crippen molar-refractivity contribution < 1.29 is 9.53 Å². The summed E-state index contributed by atoms with van der Waals surface area (Å²) in [4.78, 5) is 17.2. The second-order valence-electron chi connectivity index (χ2n) is 5.79. The molecule has 4 heteroatoms. The Bertz CT molecular complexity index is 489. The maximum absolute atomic E-state index is 12.7. The van der Waals surface area contributed by atoms with Gasteiger partial charge in [0.2, 0.25) is 0 Å². The molecule has 0 aromatic heterocycles. The Labute approximate surface area is 127 Å². The molecule has 2 atom stereocenters. The Morgan fingerprint density at radius 1 is 1.24 bits per heavy atom. The summed E-state index contributed by atoms with van der Waals surface area (Å²) in [7, 11) is 1.63. The Morgan fingerprint density at radius 2 is 2.10 bits per heavy atom. The first-order chi connectivity index (χ1) is 9.76. The third kappa shape index (κ3) is 3.56. The third-order valence-corrected chi connectivity index (χ3v) is 4.37. The van der Waals surface area contributed by atoms with Crippen LogP contribution in [-0.4, -0.2) is 55.5 Å². The van der Waals surface area contributed by atoms with Crippen molar-refractivity contribution in [3.05, 3.63) is 29.8 Å². The summed E-state index contributed by atoms with van der Waals surface area (Å²) in [5, 5.41) is 0. The molecule has 2 unspecified atom stereocenters. The number of hydrogen-bond acceptors (Lipinski definition) is 3.